The summed E-state index contributed by atoms with van der Waals surface area (Å²) in [6, 6.07) is 7.07. The van der Waals surface area contributed by atoms with Gasteiger partial charge in [0.1, 0.15) is 0 Å². The van der Waals surface area contributed by atoms with E-state index in [9.17, 15) is 14.7 Å². The lowest BCUT2D eigenvalue weighted by molar-refractivity contribution is -0.308. The van der Waals surface area contributed by atoms with Crippen molar-refractivity contribution in [3.05, 3.63) is 64.9 Å². The molecule has 0 radical (unpaired) electrons. The van der Waals surface area contributed by atoms with Crippen LogP contribution >= 0.6 is 0 Å². The molecule has 0 fully saturated rings. The van der Waals surface area contributed by atoms with Crippen LogP contribution < -0.4 is 10.4 Å². The van der Waals surface area contributed by atoms with E-state index in [1.165, 1.54) is 0 Å². The molecule has 21 heavy (non-hydrogen) atoms. The number of carboxylic acid groups (broad SMARTS) is 1. The lowest BCUT2D eigenvalue weighted by Crippen LogP contribution is -2.31. The minimum absolute atomic E-state index is 0.217. The molecule has 0 bridgehead atoms. The van der Waals surface area contributed by atoms with E-state index < -0.39 is 11.9 Å². The lowest BCUT2D eigenvalue weighted by atomic mass is 9.85. The van der Waals surface area contributed by atoms with Crippen LogP contribution in [0.25, 0.3) is 5.57 Å². The Morgan fingerprint density at radius 3 is 2.71 bits per heavy atom. The number of fused-ring (bicyclic) bond motifs is 2. The molecule has 0 saturated carbocycles. The molecule has 0 saturated heterocycles. The second-order valence-corrected chi connectivity index (χ2v) is 5.15. The van der Waals surface area contributed by atoms with Gasteiger partial charge in [0.25, 0.3) is 5.91 Å². The van der Waals surface area contributed by atoms with Crippen molar-refractivity contribution in [1.29, 1.82) is 0 Å². The Bertz CT molecular complexity index is 725. The summed E-state index contributed by atoms with van der Waals surface area (Å²) in [6.45, 7) is 1.60. The SMILES string of the molecule is CC(C(=O)[O-])C1=C2CC=CC=C2NC(=O)c2ccccc21. The van der Waals surface area contributed by atoms with Crippen molar-refractivity contribution >= 4 is 17.4 Å². The van der Waals surface area contributed by atoms with E-state index in [-0.39, 0.29) is 5.91 Å². The molecule has 0 spiro atoms. The van der Waals surface area contributed by atoms with Crippen LogP contribution in [0.4, 0.5) is 0 Å². The van der Waals surface area contributed by atoms with E-state index in [4.69, 9.17) is 0 Å². The highest BCUT2D eigenvalue weighted by Crippen LogP contribution is 2.37. The molecule has 1 heterocycles. The summed E-state index contributed by atoms with van der Waals surface area (Å²) in [7, 11) is 0. The zero-order chi connectivity index (χ0) is 15.0. The maximum absolute atomic E-state index is 12.3. The Kier molecular flexibility index (Phi) is 3.22. The molecule has 1 aliphatic heterocycles. The molecule has 1 aliphatic carbocycles. The van der Waals surface area contributed by atoms with E-state index in [0.717, 1.165) is 5.57 Å². The van der Waals surface area contributed by atoms with Crippen LogP contribution in [0.15, 0.2) is 53.8 Å². The molecule has 1 unspecified atom stereocenters. The summed E-state index contributed by atoms with van der Waals surface area (Å²) in [4.78, 5) is 23.7. The molecule has 1 atom stereocenters. The van der Waals surface area contributed by atoms with E-state index >= 15 is 0 Å². The molecule has 2 aliphatic rings. The predicted octanol–water partition coefficient (Wildman–Crippen LogP) is 1.41. The lowest BCUT2D eigenvalue weighted by Gasteiger charge is -2.22. The van der Waals surface area contributed by atoms with Gasteiger partial charge in [-0.15, -0.1) is 0 Å². The summed E-state index contributed by atoms with van der Waals surface area (Å²) in [5, 5.41) is 14.2. The first-order valence-electron chi connectivity index (χ1n) is 6.81. The van der Waals surface area contributed by atoms with Gasteiger partial charge in [-0.25, -0.2) is 0 Å². The Balaban J connectivity index is 2.31. The van der Waals surface area contributed by atoms with Crippen LogP contribution in [0, 0.1) is 5.92 Å². The molecule has 3 rings (SSSR count). The monoisotopic (exact) mass is 280 g/mol. The first-order chi connectivity index (χ1) is 10.1. The van der Waals surface area contributed by atoms with Crippen molar-refractivity contribution in [2.75, 3.05) is 0 Å². The van der Waals surface area contributed by atoms with Crippen LogP contribution in [0.5, 0.6) is 0 Å². The Hall–Kier alpha value is -2.62. The Morgan fingerprint density at radius 2 is 2.00 bits per heavy atom. The van der Waals surface area contributed by atoms with Crippen LogP contribution in [-0.2, 0) is 4.79 Å². The zero-order valence-corrected chi connectivity index (χ0v) is 11.6. The summed E-state index contributed by atoms with van der Waals surface area (Å²) < 4.78 is 0. The smallest absolute Gasteiger partial charge is 0.256 e. The van der Waals surface area contributed by atoms with Gasteiger partial charge in [0.2, 0.25) is 0 Å². The third kappa shape index (κ3) is 2.18. The second kappa shape index (κ2) is 5.05. The number of rotatable bonds is 2. The van der Waals surface area contributed by atoms with E-state index in [1.807, 2.05) is 18.2 Å². The van der Waals surface area contributed by atoms with E-state index in [1.54, 1.807) is 31.2 Å². The average molecular weight is 280 g/mol. The minimum atomic E-state index is -1.14. The second-order valence-electron chi connectivity index (χ2n) is 5.15. The first kappa shape index (κ1) is 13.4. The maximum atomic E-state index is 12.3. The van der Waals surface area contributed by atoms with E-state index in [2.05, 4.69) is 5.32 Å². The fourth-order valence-corrected chi connectivity index (χ4v) is 2.81. The number of carboxylic acids is 1. The van der Waals surface area contributed by atoms with E-state index in [0.29, 0.717) is 28.8 Å². The summed E-state index contributed by atoms with van der Waals surface area (Å²) in [5.74, 6) is -2.15. The highest BCUT2D eigenvalue weighted by atomic mass is 16.4. The van der Waals surface area contributed by atoms with Crippen molar-refractivity contribution in [3.8, 4) is 0 Å². The van der Waals surface area contributed by atoms with Gasteiger partial charge in [-0.2, -0.15) is 0 Å². The number of amides is 1. The molecule has 4 heteroatoms. The van der Waals surface area contributed by atoms with Crippen LogP contribution in [0.3, 0.4) is 0 Å². The minimum Gasteiger partial charge on any atom is -0.550 e. The third-order valence-electron chi connectivity index (χ3n) is 3.87. The number of hydrogen-bond donors (Lipinski definition) is 1. The number of aliphatic carboxylic acids is 1. The topological polar surface area (TPSA) is 69.2 Å². The van der Waals surface area contributed by atoms with Gasteiger partial charge in [0.05, 0.1) is 0 Å². The fourth-order valence-electron chi connectivity index (χ4n) is 2.81. The van der Waals surface area contributed by atoms with Gasteiger partial charge in [-0.1, -0.05) is 37.3 Å². The van der Waals surface area contributed by atoms with Gasteiger partial charge in [0, 0.05) is 23.1 Å². The molecule has 1 aromatic carbocycles. The quantitative estimate of drug-likeness (QED) is 0.890. The highest BCUT2D eigenvalue weighted by Gasteiger charge is 2.28. The van der Waals surface area contributed by atoms with Crippen molar-refractivity contribution < 1.29 is 14.7 Å². The van der Waals surface area contributed by atoms with Crippen molar-refractivity contribution in [3.63, 3.8) is 0 Å². The number of hydrogen-bond acceptors (Lipinski definition) is 3. The maximum Gasteiger partial charge on any atom is 0.256 e. The number of carbonyl (C=O) groups is 2. The number of nitrogens with one attached hydrogen (secondary N) is 1. The predicted molar refractivity (Wildman–Crippen MR) is 76.8 cm³/mol. The van der Waals surface area contributed by atoms with Crippen molar-refractivity contribution in [1.82, 2.24) is 5.32 Å². The van der Waals surface area contributed by atoms with Gasteiger partial charge in [-0.3, -0.25) is 4.79 Å². The van der Waals surface area contributed by atoms with Gasteiger partial charge in [-0.05, 0) is 35.3 Å². The number of allylic oxidation sites excluding steroid dienone is 4. The molecule has 106 valence electrons. The Morgan fingerprint density at radius 1 is 1.29 bits per heavy atom. The molecule has 1 amide bonds. The molecule has 4 nitrogen and oxygen atoms in total. The van der Waals surface area contributed by atoms with Crippen LogP contribution in [-0.4, -0.2) is 11.9 Å². The summed E-state index contributed by atoms with van der Waals surface area (Å²) in [6.07, 6.45) is 6.19. The number of benzene rings is 1. The number of carbonyl (C=O) groups excluding carboxylic acids is 2. The highest BCUT2D eigenvalue weighted by molar-refractivity contribution is 6.05. The van der Waals surface area contributed by atoms with Gasteiger partial charge < -0.3 is 15.2 Å². The molecular weight excluding hydrogens is 266 g/mol. The van der Waals surface area contributed by atoms with Crippen molar-refractivity contribution in [2.45, 2.75) is 13.3 Å². The van der Waals surface area contributed by atoms with Gasteiger partial charge >= 0.3 is 0 Å². The molecular formula is C17H14NO3-. The van der Waals surface area contributed by atoms with Gasteiger partial charge in [0.15, 0.2) is 0 Å². The third-order valence-corrected chi connectivity index (χ3v) is 3.87. The van der Waals surface area contributed by atoms with Crippen LogP contribution in [0.1, 0.15) is 29.3 Å². The average Bonchev–Trinajstić information content (AvgIpc) is 2.61. The zero-order valence-electron chi connectivity index (χ0n) is 11.6. The standard InChI is InChI=1S/C17H15NO3/c1-10(17(20)21)15-11-6-2-3-7-12(11)16(19)18-14-9-5-4-8-13(14)15/h2-7,9-10H,8H2,1H3,(H,18,19)(H,20,21)/p-1. The van der Waals surface area contributed by atoms with Crippen molar-refractivity contribution in [2.24, 2.45) is 5.92 Å². The molecule has 1 aromatic rings. The summed E-state index contributed by atoms with van der Waals surface area (Å²) >= 11 is 0. The first-order valence-corrected chi connectivity index (χ1v) is 6.81. The fraction of sp³-hybridized carbons (Fsp3) is 0.176. The largest absolute Gasteiger partial charge is 0.550 e. The van der Waals surface area contributed by atoms with Crippen LogP contribution in [0.2, 0.25) is 0 Å². The molecule has 1 N–H and O–H groups in total. The Labute approximate surface area is 122 Å². The normalized spacial score (nSPS) is 18.1. The summed E-state index contributed by atoms with van der Waals surface area (Å²) in [5.41, 5.74) is 3.32. The molecule has 0 aromatic heterocycles.